The largest absolute Gasteiger partial charge is 0.497 e. The molecule has 3 heterocycles. The van der Waals surface area contributed by atoms with Crippen LogP contribution < -0.4 is 15.0 Å². The fourth-order valence-corrected chi connectivity index (χ4v) is 3.55. The van der Waals surface area contributed by atoms with E-state index in [2.05, 4.69) is 10.3 Å². The lowest BCUT2D eigenvalue weighted by atomic mass is 10.1. The van der Waals surface area contributed by atoms with Gasteiger partial charge in [0.25, 0.3) is 11.8 Å². The molecule has 0 aliphatic carbocycles. The molecule has 8 nitrogen and oxygen atoms in total. The number of aryl methyl sites for hydroxylation is 1. The second-order valence-corrected chi connectivity index (χ2v) is 7.01. The number of urea groups is 1. The molecule has 0 bridgehead atoms. The molecule has 2 aromatic heterocycles. The minimum Gasteiger partial charge on any atom is -0.497 e. The molecule has 1 aromatic carbocycles. The number of anilines is 1. The first kappa shape index (κ1) is 20.1. The number of amides is 4. The zero-order valence-electron chi connectivity index (χ0n) is 17.2. The highest BCUT2D eigenvalue weighted by Gasteiger charge is 2.37. The Bertz CT molecular complexity index is 1210. The van der Waals surface area contributed by atoms with E-state index in [4.69, 9.17) is 4.74 Å². The van der Waals surface area contributed by atoms with Gasteiger partial charge in [0.1, 0.15) is 17.1 Å². The van der Waals surface area contributed by atoms with Crippen LogP contribution in [0.25, 0.3) is 11.9 Å². The van der Waals surface area contributed by atoms with Crippen LogP contribution in [-0.2, 0) is 9.59 Å². The molecule has 0 unspecified atom stereocenters. The number of nitrogens with one attached hydrogen (secondary N) is 1. The van der Waals surface area contributed by atoms with Crippen molar-refractivity contribution >= 4 is 29.6 Å². The first-order valence-electron chi connectivity index (χ1n) is 9.56. The summed E-state index contributed by atoms with van der Waals surface area (Å²) < 4.78 is 7.05. The number of aromatic nitrogens is 2. The van der Waals surface area contributed by atoms with E-state index in [9.17, 15) is 14.4 Å². The lowest BCUT2D eigenvalue weighted by Crippen LogP contribution is -2.54. The van der Waals surface area contributed by atoms with Crippen LogP contribution >= 0.6 is 0 Å². The van der Waals surface area contributed by atoms with E-state index in [1.807, 2.05) is 42.7 Å². The lowest BCUT2D eigenvalue weighted by molar-refractivity contribution is -0.122. The number of pyridine rings is 1. The Kier molecular flexibility index (Phi) is 5.12. The number of nitrogens with zero attached hydrogens (tertiary/aromatic N) is 3. The van der Waals surface area contributed by atoms with E-state index in [-0.39, 0.29) is 5.57 Å². The third-order valence-corrected chi connectivity index (χ3v) is 5.08. The van der Waals surface area contributed by atoms with E-state index in [1.165, 1.54) is 13.2 Å². The summed E-state index contributed by atoms with van der Waals surface area (Å²) >= 11 is 0. The average molecular weight is 416 g/mol. The van der Waals surface area contributed by atoms with Crippen molar-refractivity contribution in [3.63, 3.8) is 0 Å². The third kappa shape index (κ3) is 3.59. The Morgan fingerprint density at radius 2 is 1.77 bits per heavy atom. The number of ether oxygens (including phenoxy) is 1. The van der Waals surface area contributed by atoms with Gasteiger partial charge >= 0.3 is 6.03 Å². The van der Waals surface area contributed by atoms with Gasteiger partial charge in [0.05, 0.1) is 12.8 Å². The Morgan fingerprint density at radius 1 is 1.03 bits per heavy atom. The number of carbonyl (C=O) groups excluding carboxylic acids is 3. The molecule has 1 aliphatic rings. The van der Waals surface area contributed by atoms with Crippen LogP contribution in [0.2, 0.25) is 0 Å². The Balaban J connectivity index is 1.74. The zero-order chi connectivity index (χ0) is 22.1. The molecule has 4 rings (SSSR count). The summed E-state index contributed by atoms with van der Waals surface area (Å²) in [6.07, 6.45) is 3.20. The van der Waals surface area contributed by atoms with Gasteiger partial charge in [-0.15, -0.1) is 0 Å². The maximum atomic E-state index is 13.1. The summed E-state index contributed by atoms with van der Waals surface area (Å²) in [6.45, 7) is 3.80. The Hall–Kier alpha value is -4.20. The van der Waals surface area contributed by atoms with E-state index < -0.39 is 17.8 Å². The molecule has 1 fully saturated rings. The predicted octanol–water partition coefficient (Wildman–Crippen LogP) is 3.16. The first-order valence-corrected chi connectivity index (χ1v) is 9.56. The molecule has 31 heavy (non-hydrogen) atoms. The van der Waals surface area contributed by atoms with E-state index in [0.717, 1.165) is 22.1 Å². The number of methoxy groups -OCH3 is 1. The van der Waals surface area contributed by atoms with Gasteiger partial charge in [-0.2, -0.15) is 0 Å². The van der Waals surface area contributed by atoms with Crippen LogP contribution in [0.1, 0.15) is 17.0 Å². The normalized spacial score (nSPS) is 15.4. The lowest BCUT2D eigenvalue weighted by Gasteiger charge is -2.26. The van der Waals surface area contributed by atoms with Crippen LogP contribution in [0.15, 0.2) is 60.3 Å². The van der Waals surface area contributed by atoms with Crippen molar-refractivity contribution in [2.75, 3.05) is 12.0 Å². The minimum absolute atomic E-state index is 0.128. The number of imide groups is 2. The number of benzene rings is 1. The molecule has 0 atom stereocenters. The summed E-state index contributed by atoms with van der Waals surface area (Å²) in [4.78, 5) is 43.3. The summed E-state index contributed by atoms with van der Waals surface area (Å²) in [6, 6.07) is 13.1. The van der Waals surface area contributed by atoms with Crippen molar-refractivity contribution in [3.05, 3.63) is 77.3 Å². The average Bonchev–Trinajstić information content (AvgIpc) is 3.05. The van der Waals surface area contributed by atoms with Crippen molar-refractivity contribution in [1.29, 1.82) is 0 Å². The Labute approximate surface area is 178 Å². The van der Waals surface area contributed by atoms with Crippen LogP contribution in [0.5, 0.6) is 5.75 Å². The summed E-state index contributed by atoms with van der Waals surface area (Å²) in [7, 11) is 1.52. The number of hydrogen-bond acceptors (Lipinski definition) is 5. The molecule has 1 aliphatic heterocycles. The smallest absolute Gasteiger partial charge is 0.335 e. The highest BCUT2D eigenvalue weighted by Crippen LogP contribution is 2.26. The van der Waals surface area contributed by atoms with Gasteiger partial charge in [-0.3, -0.25) is 14.9 Å². The summed E-state index contributed by atoms with van der Waals surface area (Å²) in [5.41, 5.74) is 2.61. The molecule has 156 valence electrons. The number of hydrogen-bond donors (Lipinski definition) is 1. The zero-order valence-corrected chi connectivity index (χ0v) is 17.2. The topological polar surface area (TPSA) is 93.5 Å². The van der Waals surface area contributed by atoms with E-state index >= 15 is 0 Å². The molecule has 0 spiro atoms. The maximum Gasteiger partial charge on any atom is 0.335 e. The number of rotatable bonds is 4. The van der Waals surface area contributed by atoms with E-state index in [1.54, 1.807) is 30.5 Å². The predicted molar refractivity (Wildman–Crippen MR) is 115 cm³/mol. The van der Waals surface area contributed by atoms with Crippen molar-refractivity contribution in [2.24, 2.45) is 0 Å². The quantitative estimate of drug-likeness (QED) is 0.521. The minimum atomic E-state index is -0.795. The van der Waals surface area contributed by atoms with Gasteiger partial charge in [0, 0.05) is 17.6 Å². The van der Waals surface area contributed by atoms with Gasteiger partial charge < -0.3 is 9.30 Å². The van der Waals surface area contributed by atoms with Gasteiger partial charge in [-0.1, -0.05) is 6.07 Å². The van der Waals surface area contributed by atoms with Crippen molar-refractivity contribution < 1.29 is 19.1 Å². The second-order valence-electron chi connectivity index (χ2n) is 7.01. The standard InChI is InChI=1S/C23H20N4O4/c1-14-12-16(15(2)26(14)20-6-4-5-11-24-20)13-19-21(28)25-23(30)27(22(19)29)17-7-9-18(31-3)10-8-17/h4-13H,1-3H3,(H,25,28,30)/b19-13+. The summed E-state index contributed by atoms with van der Waals surface area (Å²) in [5, 5.41) is 2.24. The van der Waals surface area contributed by atoms with Gasteiger partial charge in [-0.05, 0) is 68.0 Å². The third-order valence-electron chi connectivity index (χ3n) is 5.08. The highest BCUT2D eigenvalue weighted by atomic mass is 16.5. The van der Waals surface area contributed by atoms with Crippen LogP contribution in [0.3, 0.4) is 0 Å². The van der Waals surface area contributed by atoms with Crippen molar-refractivity contribution in [2.45, 2.75) is 13.8 Å². The second kappa shape index (κ2) is 7.91. The molecule has 0 saturated carbocycles. The molecule has 8 heteroatoms. The van der Waals surface area contributed by atoms with Crippen LogP contribution in [-0.4, -0.2) is 34.5 Å². The maximum absolute atomic E-state index is 13.1. The number of barbiturate groups is 1. The SMILES string of the molecule is COc1ccc(N2C(=O)NC(=O)/C(=C\c3cc(C)n(-c4ccccn4)c3C)C2=O)cc1. The molecular weight excluding hydrogens is 396 g/mol. The fraction of sp³-hybridized carbons (Fsp3) is 0.130. The molecule has 0 radical (unpaired) electrons. The van der Waals surface area contributed by atoms with Crippen LogP contribution in [0, 0.1) is 13.8 Å². The van der Waals surface area contributed by atoms with Gasteiger partial charge in [-0.25, -0.2) is 14.7 Å². The van der Waals surface area contributed by atoms with Gasteiger partial charge in [0.2, 0.25) is 0 Å². The molecule has 1 saturated heterocycles. The van der Waals surface area contributed by atoms with Crippen LogP contribution in [0.4, 0.5) is 10.5 Å². The Morgan fingerprint density at radius 3 is 2.42 bits per heavy atom. The highest BCUT2D eigenvalue weighted by molar-refractivity contribution is 6.39. The fourth-order valence-electron chi connectivity index (χ4n) is 3.55. The first-order chi connectivity index (χ1) is 14.9. The monoisotopic (exact) mass is 416 g/mol. The van der Waals surface area contributed by atoms with Crippen molar-refractivity contribution in [1.82, 2.24) is 14.9 Å². The molecule has 1 N–H and O–H groups in total. The summed E-state index contributed by atoms with van der Waals surface area (Å²) in [5.74, 6) is -0.108. The molecular formula is C23H20N4O4. The van der Waals surface area contributed by atoms with E-state index in [0.29, 0.717) is 17.0 Å². The van der Waals surface area contributed by atoms with Gasteiger partial charge in [0.15, 0.2) is 0 Å². The number of carbonyl (C=O) groups is 3. The molecule has 4 amide bonds. The molecule has 3 aromatic rings. The van der Waals surface area contributed by atoms with Crippen molar-refractivity contribution in [3.8, 4) is 11.6 Å².